The number of rotatable bonds is 7. The van der Waals surface area contributed by atoms with Crippen LogP contribution in [-0.2, 0) is 4.79 Å². The first kappa shape index (κ1) is 25.9. The average molecular weight is 533 g/mol. The van der Waals surface area contributed by atoms with Gasteiger partial charge in [-0.15, -0.1) is 0 Å². The molecule has 2 N–H and O–H groups in total. The van der Waals surface area contributed by atoms with Gasteiger partial charge in [0, 0.05) is 61.4 Å². The summed E-state index contributed by atoms with van der Waals surface area (Å²) in [6.45, 7) is 9.67. The second-order valence-corrected chi connectivity index (χ2v) is 11.2. The molecule has 2 aromatic heterocycles. The standard InChI is InChI=1S/C29H37FN8O/c1-18-21(15-31-16-22(18)30)23-5-6-24(32-9-14-37-10-3-4-11-37)26(35-23)20-7-12-38(13-8-20)28-25-19(2)29(39)36-27(25)33-17-34-28/h5-6,15-21,32H,3-4,7-14H2,1-2H3,(H,33,34,36,39). The van der Waals surface area contributed by atoms with Crippen LogP contribution in [0.5, 0.6) is 0 Å². The van der Waals surface area contributed by atoms with Gasteiger partial charge in [0.25, 0.3) is 0 Å². The normalized spacial score (nSPS) is 25.5. The Hall–Kier alpha value is -3.40. The Morgan fingerprint density at radius 2 is 1.90 bits per heavy atom. The van der Waals surface area contributed by atoms with Crippen molar-refractivity contribution in [3.05, 3.63) is 47.4 Å². The second-order valence-electron chi connectivity index (χ2n) is 11.2. The summed E-state index contributed by atoms with van der Waals surface area (Å²) in [5, 5.41) is 6.54. The van der Waals surface area contributed by atoms with Gasteiger partial charge in [-0.2, -0.15) is 0 Å². The molecule has 3 unspecified atom stereocenters. The molecule has 2 fully saturated rings. The fourth-order valence-corrected chi connectivity index (χ4v) is 6.31. The van der Waals surface area contributed by atoms with E-state index < -0.39 is 0 Å². The highest BCUT2D eigenvalue weighted by atomic mass is 19.1. The number of likely N-dealkylation sites (tertiary alicyclic amines) is 1. The van der Waals surface area contributed by atoms with Crippen molar-refractivity contribution >= 4 is 29.4 Å². The Labute approximate surface area is 229 Å². The van der Waals surface area contributed by atoms with Crippen LogP contribution in [0.3, 0.4) is 0 Å². The SMILES string of the molecule is CC1C(=O)Nc2ncnc(N3CCC(c4nc(C5C=NC=C(F)C5C)ccc4NCCN4CCCC4)CC3)c21. The Morgan fingerprint density at radius 3 is 2.69 bits per heavy atom. The Kier molecular flexibility index (Phi) is 7.29. The largest absolute Gasteiger partial charge is 0.382 e. The second kappa shape index (κ2) is 11.0. The number of nitrogens with one attached hydrogen (secondary N) is 2. The molecular formula is C29H37FN8O. The van der Waals surface area contributed by atoms with Gasteiger partial charge in [0.2, 0.25) is 5.91 Å². The summed E-state index contributed by atoms with van der Waals surface area (Å²) in [5.41, 5.74) is 3.89. The molecule has 2 saturated heterocycles. The maximum atomic E-state index is 14.4. The zero-order chi connectivity index (χ0) is 26.9. The number of aliphatic imine (C=N–C) groups is 1. The van der Waals surface area contributed by atoms with E-state index in [1.54, 1.807) is 0 Å². The highest BCUT2D eigenvalue weighted by Gasteiger charge is 2.35. The third-order valence-electron chi connectivity index (χ3n) is 8.76. The van der Waals surface area contributed by atoms with Crippen molar-refractivity contribution in [1.82, 2.24) is 19.9 Å². The molecule has 0 aromatic carbocycles. The molecule has 0 aliphatic carbocycles. The van der Waals surface area contributed by atoms with Crippen LogP contribution in [0.25, 0.3) is 0 Å². The molecule has 1 amide bonds. The number of amides is 1. The zero-order valence-electron chi connectivity index (χ0n) is 22.7. The molecule has 0 radical (unpaired) electrons. The first-order chi connectivity index (χ1) is 19.0. The Bertz CT molecular complexity index is 1280. The molecule has 6 heterocycles. The quantitative estimate of drug-likeness (QED) is 0.544. The van der Waals surface area contributed by atoms with Crippen LogP contribution in [0, 0.1) is 5.92 Å². The van der Waals surface area contributed by atoms with E-state index in [-0.39, 0.29) is 35.4 Å². The predicted molar refractivity (Wildman–Crippen MR) is 151 cm³/mol. The molecule has 0 saturated carbocycles. The number of carbonyl (C=O) groups excluding carboxylic acids is 1. The molecule has 0 spiro atoms. The highest BCUT2D eigenvalue weighted by molar-refractivity contribution is 6.03. The lowest BCUT2D eigenvalue weighted by Crippen LogP contribution is -2.35. The van der Waals surface area contributed by atoms with Crippen LogP contribution in [0.15, 0.2) is 35.5 Å². The summed E-state index contributed by atoms with van der Waals surface area (Å²) < 4.78 is 14.4. The van der Waals surface area contributed by atoms with Crippen molar-refractivity contribution in [3.8, 4) is 0 Å². The molecule has 39 heavy (non-hydrogen) atoms. The monoisotopic (exact) mass is 532 g/mol. The van der Waals surface area contributed by atoms with Crippen molar-refractivity contribution in [1.29, 1.82) is 0 Å². The minimum absolute atomic E-state index is 0.0286. The summed E-state index contributed by atoms with van der Waals surface area (Å²) in [4.78, 5) is 35.2. The van der Waals surface area contributed by atoms with Crippen molar-refractivity contribution in [2.75, 3.05) is 54.8 Å². The third kappa shape index (κ3) is 5.14. The smallest absolute Gasteiger partial charge is 0.233 e. The van der Waals surface area contributed by atoms with Crippen molar-refractivity contribution < 1.29 is 9.18 Å². The summed E-state index contributed by atoms with van der Waals surface area (Å²) in [5.74, 6) is 0.795. The lowest BCUT2D eigenvalue weighted by molar-refractivity contribution is -0.116. The molecule has 0 bridgehead atoms. The molecule has 4 aliphatic heterocycles. The van der Waals surface area contributed by atoms with Gasteiger partial charge in [0.05, 0.1) is 23.5 Å². The number of fused-ring (bicyclic) bond motifs is 1. The van der Waals surface area contributed by atoms with E-state index in [1.807, 2.05) is 26.1 Å². The topological polar surface area (TPSA) is 98.6 Å². The fourth-order valence-electron chi connectivity index (χ4n) is 6.31. The fraction of sp³-hybridized carbons (Fsp3) is 0.552. The molecule has 10 heteroatoms. The molecular weight excluding hydrogens is 495 g/mol. The number of allylic oxidation sites excluding steroid dienone is 1. The lowest BCUT2D eigenvalue weighted by Gasteiger charge is -2.34. The number of carbonyl (C=O) groups is 1. The Balaban J connectivity index is 1.22. The first-order valence-corrected chi connectivity index (χ1v) is 14.3. The number of piperidine rings is 1. The van der Waals surface area contributed by atoms with Crippen LogP contribution in [0.4, 0.5) is 21.7 Å². The summed E-state index contributed by atoms with van der Waals surface area (Å²) in [6, 6.07) is 4.15. The van der Waals surface area contributed by atoms with Crippen LogP contribution < -0.4 is 15.5 Å². The number of hydrogen-bond acceptors (Lipinski definition) is 8. The minimum atomic E-state index is -0.281. The number of halogens is 1. The number of anilines is 3. The number of hydrogen-bond donors (Lipinski definition) is 2. The van der Waals surface area contributed by atoms with E-state index in [0.29, 0.717) is 5.82 Å². The maximum absolute atomic E-state index is 14.4. The molecule has 2 aromatic rings. The van der Waals surface area contributed by atoms with E-state index in [0.717, 1.165) is 67.5 Å². The predicted octanol–water partition coefficient (Wildman–Crippen LogP) is 4.43. The minimum Gasteiger partial charge on any atom is -0.382 e. The zero-order valence-corrected chi connectivity index (χ0v) is 22.7. The van der Waals surface area contributed by atoms with Crippen molar-refractivity contribution in [2.45, 2.75) is 57.3 Å². The van der Waals surface area contributed by atoms with E-state index in [2.05, 4.69) is 41.5 Å². The maximum Gasteiger partial charge on any atom is 0.233 e. The van der Waals surface area contributed by atoms with Crippen molar-refractivity contribution in [2.24, 2.45) is 10.9 Å². The van der Waals surface area contributed by atoms with E-state index in [4.69, 9.17) is 4.98 Å². The molecule has 4 aliphatic rings. The van der Waals surface area contributed by atoms with Gasteiger partial charge in [0.1, 0.15) is 23.8 Å². The van der Waals surface area contributed by atoms with E-state index in [1.165, 1.54) is 38.5 Å². The average Bonchev–Trinajstić information content (AvgIpc) is 3.58. The first-order valence-electron chi connectivity index (χ1n) is 14.3. The van der Waals surface area contributed by atoms with Gasteiger partial charge in [-0.05, 0) is 57.8 Å². The van der Waals surface area contributed by atoms with Gasteiger partial charge in [-0.1, -0.05) is 6.92 Å². The number of aromatic nitrogens is 3. The van der Waals surface area contributed by atoms with Gasteiger partial charge < -0.3 is 20.4 Å². The molecule has 6 rings (SSSR count). The number of pyridine rings is 1. The Morgan fingerprint density at radius 1 is 1.10 bits per heavy atom. The molecule has 3 atom stereocenters. The van der Waals surface area contributed by atoms with E-state index in [9.17, 15) is 9.18 Å². The van der Waals surface area contributed by atoms with Crippen molar-refractivity contribution in [3.63, 3.8) is 0 Å². The summed E-state index contributed by atoms with van der Waals surface area (Å²) in [6.07, 6.45) is 9.04. The van der Waals surface area contributed by atoms with Gasteiger partial charge in [0.15, 0.2) is 0 Å². The molecule has 9 nitrogen and oxygen atoms in total. The van der Waals surface area contributed by atoms with Crippen LogP contribution in [-0.4, -0.2) is 71.2 Å². The van der Waals surface area contributed by atoms with Gasteiger partial charge in [-0.25, -0.2) is 14.4 Å². The lowest BCUT2D eigenvalue weighted by atomic mass is 9.87. The summed E-state index contributed by atoms with van der Waals surface area (Å²) >= 11 is 0. The van der Waals surface area contributed by atoms with E-state index >= 15 is 0 Å². The summed E-state index contributed by atoms with van der Waals surface area (Å²) in [7, 11) is 0. The number of nitrogens with zero attached hydrogens (tertiary/aromatic N) is 6. The van der Waals surface area contributed by atoms with Crippen LogP contribution in [0.2, 0.25) is 0 Å². The van der Waals surface area contributed by atoms with Gasteiger partial charge in [-0.3, -0.25) is 14.8 Å². The van der Waals surface area contributed by atoms with Crippen LogP contribution >= 0.6 is 0 Å². The third-order valence-corrected chi connectivity index (χ3v) is 8.76. The highest BCUT2D eigenvalue weighted by Crippen LogP contribution is 2.40. The van der Waals surface area contributed by atoms with Gasteiger partial charge >= 0.3 is 0 Å². The van der Waals surface area contributed by atoms with Crippen LogP contribution in [0.1, 0.15) is 74.2 Å². The molecule has 206 valence electrons.